The van der Waals surface area contributed by atoms with Gasteiger partial charge in [-0.3, -0.25) is 0 Å². The lowest BCUT2D eigenvalue weighted by Crippen LogP contribution is -2.35. The molecule has 1 rings (SSSR count). The summed E-state index contributed by atoms with van der Waals surface area (Å²) >= 11 is 1.99. The highest BCUT2D eigenvalue weighted by atomic mass is 32.2. The molecule has 0 amide bonds. The van der Waals surface area contributed by atoms with Crippen LogP contribution in [0.5, 0.6) is 0 Å². The Labute approximate surface area is 54.5 Å². The molecule has 2 heteroatoms. The lowest BCUT2D eigenvalue weighted by atomic mass is 10.3. The fourth-order valence-electron chi connectivity index (χ4n) is 0.737. The molecule has 1 unspecified atom stereocenters. The van der Waals surface area contributed by atoms with Gasteiger partial charge in [-0.25, -0.2) is 0 Å². The monoisotopic (exact) mass is 129 g/mol. The number of hydrogen-bond acceptors (Lipinski definition) is 2. The Bertz CT molecular complexity index is 76.6. The first-order valence-corrected chi connectivity index (χ1v) is 4.02. The predicted molar refractivity (Wildman–Crippen MR) is 39.3 cm³/mol. The van der Waals surface area contributed by atoms with E-state index in [9.17, 15) is 0 Å². The minimum Gasteiger partial charge on any atom is -0.309 e. The van der Waals surface area contributed by atoms with Gasteiger partial charge in [-0.05, 0) is 0 Å². The predicted octanol–water partition coefficient (Wildman–Crippen LogP) is 0.877. The van der Waals surface area contributed by atoms with Crippen molar-refractivity contribution in [1.29, 1.82) is 0 Å². The van der Waals surface area contributed by atoms with Gasteiger partial charge >= 0.3 is 0 Å². The van der Waals surface area contributed by atoms with E-state index < -0.39 is 0 Å². The van der Waals surface area contributed by atoms with E-state index >= 15 is 0 Å². The summed E-state index contributed by atoms with van der Waals surface area (Å²) in [5.41, 5.74) is 0. The maximum absolute atomic E-state index is 3.71. The Morgan fingerprint density at radius 3 is 3.00 bits per heavy atom. The second kappa shape index (κ2) is 3.15. The van der Waals surface area contributed by atoms with Gasteiger partial charge in [0.05, 0.1) is 0 Å². The van der Waals surface area contributed by atoms with E-state index in [0.717, 1.165) is 6.54 Å². The zero-order valence-corrected chi connectivity index (χ0v) is 5.71. The van der Waals surface area contributed by atoms with Crippen LogP contribution in [0.1, 0.15) is 0 Å². The molecule has 0 aliphatic carbocycles. The molecule has 1 N–H and O–H groups in total. The van der Waals surface area contributed by atoms with E-state index in [1.54, 1.807) is 0 Å². The van der Waals surface area contributed by atoms with Gasteiger partial charge in [-0.1, -0.05) is 6.08 Å². The molecule has 0 bridgehead atoms. The van der Waals surface area contributed by atoms with Crippen LogP contribution in [0.4, 0.5) is 0 Å². The minimum atomic E-state index is 0.564. The number of rotatable bonds is 1. The van der Waals surface area contributed by atoms with Crippen molar-refractivity contribution in [2.24, 2.45) is 0 Å². The van der Waals surface area contributed by atoms with Crippen LogP contribution in [0.2, 0.25) is 0 Å². The van der Waals surface area contributed by atoms with Crippen molar-refractivity contribution in [3.05, 3.63) is 12.7 Å². The van der Waals surface area contributed by atoms with Crippen LogP contribution < -0.4 is 5.32 Å². The highest BCUT2D eigenvalue weighted by molar-refractivity contribution is 7.99. The summed E-state index contributed by atoms with van der Waals surface area (Å²) in [7, 11) is 0. The Morgan fingerprint density at radius 1 is 1.75 bits per heavy atom. The maximum Gasteiger partial charge on any atom is 0.0338 e. The van der Waals surface area contributed by atoms with Crippen molar-refractivity contribution < 1.29 is 0 Å². The molecule has 0 aromatic carbocycles. The van der Waals surface area contributed by atoms with E-state index in [2.05, 4.69) is 11.9 Å². The molecule has 0 spiro atoms. The first kappa shape index (κ1) is 6.17. The average Bonchev–Trinajstić information content (AvgIpc) is 1.90. The second-order valence-corrected chi connectivity index (χ2v) is 3.02. The molecule has 0 radical (unpaired) electrons. The maximum atomic E-state index is 3.71. The van der Waals surface area contributed by atoms with E-state index in [4.69, 9.17) is 0 Å². The molecule has 1 aliphatic heterocycles. The van der Waals surface area contributed by atoms with Crippen LogP contribution in [0.25, 0.3) is 0 Å². The van der Waals surface area contributed by atoms with E-state index in [0.29, 0.717) is 6.04 Å². The summed E-state index contributed by atoms with van der Waals surface area (Å²) < 4.78 is 0. The van der Waals surface area contributed by atoms with Gasteiger partial charge in [0.15, 0.2) is 0 Å². The molecule has 8 heavy (non-hydrogen) atoms. The molecule has 1 aliphatic rings. The summed E-state index contributed by atoms with van der Waals surface area (Å²) in [4.78, 5) is 0. The van der Waals surface area contributed by atoms with Crippen LogP contribution in [0.15, 0.2) is 12.7 Å². The summed E-state index contributed by atoms with van der Waals surface area (Å²) in [6.07, 6.45) is 1.98. The fourth-order valence-corrected chi connectivity index (χ4v) is 1.67. The zero-order chi connectivity index (χ0) is 5.82. The van der Waals surface area contributed by atoms with Crippen LogP contribution in [-0.4, -0.2) is 24.1 Å². The first-order valence-electron chi connectivity index (χ1n) is 2.87. The SMILES string of the molecule is C=CC1CSCCN1. The standard InChI is InChI=1S/C6H11NS/c1-2-6-5-8-4-3-7-6/h2,6-7H,1,3-5H2. The summed E-state index contributed by atoms with van der Waals surface area (Å²) in [5.74, 6) is 2.45. The van der Waals surface area contributed by atoms with Crippen LogP contribution in [0, 0.1) is 0 Å². The molecule has 0 aromatic rings. The summed E-state index contributed by atoms with van der Waals surface area (Å²) in [6, 6.07) is 0.564. The van der Waals surface area contributed by atoms with Crippen LogP contribution in [0.3, 0.4) is 0 Å². The topological polar surface area (TPSA) is 12.0 Å². The normalized spacial score (nSPS) is 29.8. The molecule has 1 fully saturated rings. The highest BCUT2D eigenvalue weighted by Crippen LogP contribution is 2.06. The molecule has 0 saturated carbocycles. The van der Waals surface area contributed by atoms with Gasteiger partial charge in [0.2, 0.25) is 0 Å². The van der Waals surface area contributed by atoms with Crippen molar-refractivity contribution in [1.82, 2.24) is 5.32 Å². The van der Waals surface area contributed by atoms with Gasteiger partial charge in [0, 0.05) is 24.1 Å². The van der Waals surface area contributed by atoms with Crippen molar-refractivity contribution >= 4 is 11.8 Å². The Balaban J connectivity index is 2.22. The third kappa shape index (κ3) is 1.53. The number of hydrogen-bond donors (Lipinski definition) is 1. The smallest absolute Gasteiger partial charge is 0.0338 e. The summed E-state index contributed by atoms with van der Waals surface area (Å²) in [6.45, 7) is 4.85. The first-order chi connectivity index (χ1) is 3.93. The zero-order valence-electron chi connectivity index (χ0n) is 4.89. The molecule has 1 nitrogen and oxygen atoms in total. The van der Waals surface area contributed by atoms with E-state index in [-0.39, 0.29) is 0 Å². The van der Waals surface area contributed by atoms with E-state index in [1.165, 1.54) is 11.5 Å². The van der Waals surface area contributed by atoms with Crippen LogP contribution >= 0.6 is 11.8 Å². The molecule has 46 valence electrons. The minimum absolute atomic E-state index is 0.564. The molecule has 1 atom stereocenters. The highest BCUT2D eigenvalue weighted by Gasteiger charge is 2.06. The molecule has 1 saturated heterocycles. The molecule has 1 heterocycles. The third-order valence-electron chi connectivity index (χ3n) is 1.23. The second-order valence-electron chi connectivity index (χ2n) is 1.87. The Morgan fingerprint density at radius 2 is 2.62 bits per heavy atom. The average molecular weight is 129 g/mol. The Hall–Kier alpha value is 0.0500. The van der Waals surface area contributed by atoms with Gasteiger partial charge in [0.1, 0.15) is 0 Å². The van der Waals surface area contributed by atoms with Gasteiger partial charge in [-0.2, -0.15) is 11.8 Å². The molecular weight excluding hydrogens is 118 g/mol. The number of nitrogens with one attached hydrogen (secondary N) is 1. The molecular formula is C6H11NS. The lowest BCUT2D eigenvalue weighted by molar-refractivity contribution is 0.657. The van der Waals surface area contributed by atoms with Gasteiger partial charge in [0.25, 0.3) is 0 Å². The quantitative estimate of drug-likeness (QED) is 0.527. The third-order valence-corrected chi connectivity index (χ3v) is 2.32. The lowest BCUT2D eigenvalue weighted by Gasteiger charge is -2.18. The van der Waals surface area contributed by atoms with Crippen molar-refractivity contribution in [3.63, 3.8) is 0 Å². The number of thioether (sulfide) groups is 1. The van der Waals surface area contributed by atoms with Crippen molar-refractivity contribution in [3.8, 4) is 0 Å². The van der Waals surface area contributed by atoms with Gasteiger partial charge in [-0.15, -0.1) is 6.58 Å². The van der Waals surface area contributed by atoms with Crippen molar-refractivity contribution in [2.45, 2.75) is 6.04 Å². The fraction of sp³-hybridized carbons (Fsp3) is 0.667. The molecule has 0 aromatic heterocycles. The van der Waals surface area contributed by atoms with Crippen LogP contribution in [-0.2, 0) is 0 Å². The Kier molecular flexibility index (Phi) is 2.43. The van der Waals surface area contributed by atoms with Gasteiger partial charge < -0.3 is 5.32 Å². The largest absolute Gasteiger partial charge is 0.309 e. The van der Waals surface area contributed by atoms with Crippen molar-refractivity contribution in [2.75, 3.05) is 18.1 Å². The summed E-state index contributed by atoms with van der Waals surface area (Å²) in [5, 5.41) is 3.33. The van der Waals surface area contributed by atoms with E-state index in [1.807, 2.05) is 17.8 Å².